The minimum Gasteiger partial charge on any atom is -0.497 e. The molecule has 2 aromatic carbocycles. The molecule has 1 fully saturated rings. The molecule has 3 rings (SSSR count). The molecule has 0 saturated carbocycles. The first-order chi connectivity index (χ1) is 12.3. The molecule has 25 heavy (non-hydrogen) atoms. The van der Waals surface area contributed by atoms with Crippen molar-refractivity contribution in [3.63, 3.8) is 0 Å². The molecule has 1 amide bonds. The molecule has 1 saturated heterocycles. The summed E-state index contributed by atoms with van der Waals surface area (Å²) in [5, 5.41) is 0. The number of aryl methyl sites for hydroxylation is 1. The van der Waals surface area contributed by atoms with Gasteiger partial charge in [-0.1, -0.05) is 30.3 Å². The second-order valence-electron chi connectivity index (χ2n) is 6.61. The summed E-state index contributed by atoms with van der Waals surface area (Å²) >= 11 is 0. The van der Waals surface area contributed by atoms with Crippen LogP contribution in [-0.2, 0) is 6.42 Å². The van der Waals surface area contributed by atoms with Gasteiger partial charge in [-0.25, -0.2) is 0 Å². The van der Waals surface area contributed by atoms with E-state index in [1.165, 1.54) is 18.5 Å². The molecule has 1 heterocycles. The molecule has 132 valence electrons. The molecule has 4 nitrogen and oxygen atoms in total. The van der Waals surface area contributed by atoms with Crippen LogP contribution in [0.4, 0.5) is 0 Å². The Morgan fingerprint density at radius 3 is 2.36 bits per heavy atom. The number of hydrogen-bond donors (Lipinski definition) is 1. The number of piperazine rings is 1. The van der Waals surface area contributed by atoms with Crippen molar-refractivity contribution in [1.29, 1.82) is 0 Å². The molecule has 1 aliphatic rings. The minimum atomic E-state index is 0.131. The molecule has 0 unspecified atom stereocenters. The first-order valence-electron chi connectivity index (χ1n) is 9.07. The highest BCUT2D eigenvalue weighted by atomic mass is 16.5. The predicted octanol–water partition coefficient (Wildman–Crippen LogP) is 1.67. The summed E-state index contributed by atoms with van der Waals surface area (Å²) in [7, 11) is 1.64. The average molecular weight is 339 g/mol. The van der Waals surface area contributed by atoms with Crippen LogP contribution in [0.15, 0.2) is 54.6 Å². The minimum absolute atomic E-state index is 0.131. The number of rotatable bonds is 6. The number of nitrogens with one attached hydrogen (secondary N) is 1. The van der Waals surface area contributed by atoms with E-state index in [-0.39, 0.29) is 5.91 Å². The molecule has 1 aliphatic heterocycles. The number of hydrogen-bond acceptors (Lipinski definition) is 2. The second kappa shape index (κ2) is 8.67. The van der Waals surface area contributed by atoms with Gasteiger partial charge in [0.25, 0.3) is 5.91 Å². The fourth-order valence-electron chi connectivity index (χ4n) is 3.38. The van der Waals surface area contributed by atoms with E-state index >= 15 is 0 Å². The van der Waals surface area contributed by atoms with Crippen LogP contribution in [0.1, 0.15) is 22.3 Å². The average Bonchev–Trinajstić information content (AvgIpc) is 2.69. The Labute approximate surface area is 150 Å². The van der Waals surface area contributed by atoms with E-state index in [1.54, 1.807) is 12.0 Å². The van der Waals surface area contributed by atoms with Crippen LogP contribution in [0.2, 0.25) is 0 Å². The third kappa shape index (κ3) is 4.83. The smallest absolute Gasteiger partial charge is 0.254 e. The first kappa shape index (κ1) is 17.5. The Bertz CT molecular complexity index is 662. The van der Waals surface area contributed by atoms with Crippen LogP contribution in [0.5, 0.6) is 5.75 Å². The summed E-state index contributed by atoms with van der Waals surface area (Å²) in [5.41, 5.74) is 2.16. The molecule has 0 radical (unpaired) electrons. The number of carbonyl (C=O) groups excluding carboxylic acids is 1. The molecule has 0 aliphatic carbocycles. The summed E-state index contributed by atoms with van der Waals surface area (Å²) in [6, 6.07) is 18.0. The highest BCUT2D eigenvalue weighted by Gasteiger charge is 2.24. The number of carbonyl (C=O) groups is 1. The maximum Gasteiger partial charge on any atom is 0.254 e. The maximum absolute atomic E-state index is 12.6. The van der Waals surface area contributed by atoms with E-state index in [0.29, 0.717) is 0 Å². The lowest BCUT2D eigenvalue weighted by Crippen LogP contribution is -3.14. The third-order valence-corrected chi connectivity index (χ3v) is 4.93. The van der Waals surface area contributed by atoms with Crippen molar-refractivity contribution in [2.45, 2.75) is 12.8 Å². The molecular weight excluding hydrogens is 312 g/mol. The standard InChI is InChI=1S/C21H26N2O2/c1-25-20-11-9-19(10-12-20)21(24)23-16-14-22(15-17-23)13-5-8-18-6-3-2-4-7-18/h2-4,6-7,9-12H,5,8,13-17H2,1H3/p+1. The molecule has 1 N–H and O–H groups in total. The van der Waals surface area contributed by atoms with Crippen molar-refractivity contribution >= 4 is 5.91 Å². The van der Waals surface area contributed by atoms with Crippen molar-refractivity contribution in [2.24, 2.45) is 0 Å². The summed E-state index contributed by atoms with van der Waals surface area (Å²) in [4.78, 5) is 16.2. The van der Waals surface area contributed by atoms with Gasteiger partial charge in [-0.3, -0.25) is 4.79 Å². The van der Waals surface area contributed by atoms with Crippen LogP contribution in [0.25, 0.3) is 0 Å². The highest BCUT2D eigenvalue weighted by Crippen LogP contribution is 2.13. The second-order valence-corrected chi connectivity index (χ2v) is 6.61. The van der Waals surface area contributed by atoms with Gasteiger partial charge in [0.1, 0.15) is 5.75 Å². The monoisotopic (exact) mass is 339 g/mol. The molecule has 0 bridgehead atoms. The Balaban J connectivity index is 1.42. The topological polar surface area (TPSA) is 34.0 Å². The lowest BCUT2D eigenvalue weighted by atomic mass is 10.1. The number of ether oxygens (including phenoxy) is 1. The van der Waals surface area contributed by atoms with Gasteiger partial charge in [0, 0.05) is 12.0 Å². The Morgan fingerprint density at radius 2 is 1.72 bits per heavy atom. The van der Waals surface area contributed by atoms with Crippen molar-refractivity contribution in [1.82, 2.24) is 4.90 Å². The molecule has 2 aromatic rings. The van der Waals surface area contributed by atoms with Gasteiger partial charge >= 0.3 is 0 Å². The van der Waals surface area contributed by atoms with E-state index in [2.05, 4.69) is 30.3 Å². The van der Waals surface area contributed by atoms with Crippen LogP contribution in [0, 0.1) is 0 Å². The lowest BCUT2D eigenvalue weighted by Gasteiger charge is -2.32. The third-order valence-electron chi connectivity index (χ3n) is 4.93. The van der Waals surface area contributed by atoms with Crippen LogP contribution in [-0.4, -0.2) is 50.6 Å². The van der Waals surface area contributed by atoms with E-state index in [4.69, 9.17) is 4.74 Å². The van der Waals surface area contributed by atoms with Crippen molar-refractivity contribution in [3.8, 4) is 5.75 Å². The Kier molecular flexibility index (Phi) is 6.07. The maximum atomic E-state index is 12.6. The van der Waals surface area contributed by atoms with Gasteiger partial charge < -0.3 is 14.5 Å². The highest BCUT2D eigenvalue weighted by molar-refractivity contribution is 5.94. The predicted molar refractivity (Wildman–Crippen MR) is 99.2 cm³/mol. The normalized spacial score (nSPS) is 15.2. The quantitative estimate of drug-likeness (QED) is 0.869. The molecule has 0 aromatic heterocycles. The summed E-state index contributed by atoms with van der Waals surface area (Å²) < 4.78 is 5.15. The molecule has 0 spiro atoms. The van der Waals surface area contributed by atoms with Crippen LogP contribution >= 0.6 is 0 Å². The first-order valence-corrected chi connectivity index (χ1v) is 9.07. The number of methoxy groups -OCH3 is 1. The van der Waals surface area contributed by atoms with Crippen molar-refractivity contribution in [2.75, 3.05) is 39.8 Å². The number of benzene rings is 2. The number of quaternary nitrogens is 1. The van der Waals surface area contributed by atoms with E-state index in [9.17, 15) is 4.79 Å². The summed E-state index contributed by atoms with van der Waals surface area (Å²) in [5.74, 6) is 0.912. The zero-order chi connectivity index (χ0) is 17.5. The van der Waals surface area contributed by atoms with Gasteiger partial charge in [-0.2, -0.15) is 0 Å². The van der Waals surface area contributed by atoms with Gasteiger partial charge in [0.15, 0.2) is 0 Å². The van der Waals surface area contributed by atoms with Gasteiger partial charge in [-0.05, 0) is 36.2 Å². The van der Waals surface area contributed by atoms with Gasteiger partial charge in [-0.15, -0.1) is 0 Å². The Morgan fingerprint density at radius 1 is 1.04 bits per heavy atom. The summed E-state index contributed by atoms with van der Waals surface area (Å²) in [6.07, 6.45) is 2.34. The fourth-order valence-corrected chi connectivity index (χ4v) is 3.38. The zero-order valence-electron chi connectivity index (χ0n) is 14.9. The molecule has 0 atom stereocenters. The Hall–Kier alpha value is -2.33. The number of nitrogens with zero attached hydrogens (tertiary/aromatic N) is 1. The summed E-state index contributed by atoms with van der Waals surface area (Å²) in [6.45, 7) is 4.93. The van der Waals surface area contributed by atoms with Gasteiger partial charge in [0.05, 0.1) is 39.8 Å². The lowest BCUT2D eigenvalue weighted by molar-refractivity contribution is -0.904. The molecule has 4 heteroatoms. The van der Waals surface area contributed by atoms with Crippen molar-refractivity contribution in [3.05, 3.63) is 65.7 Å². The van der Waals surface area contributed by atoms with Gasteiger partial charge in [0.2, 0.25) is 0 Å². The molecular formula is C21H27N2O2+. The van der Waals surface area contributed by atoms with E-state index in [1.807, 2.05) is 29.2 Å². The van der Waals surface area contributed by atoms with Crippen LogP contribution in [0.3, 0.4) is 0 Å². The number of amides is 1. The van der Waals surface area contributed by atoms with Crippen molar-refractivity contribution < 1.29 is 14.4 Å². The van der Waals surface area contributed by atoms with E-state index < -0.39 is 0 Å². The zero-order valence-corrected chi connectivity index (χ0v) is 14.9. The van der Waals surface area contributed by atoms with E-state index in [0.717, 1.165) is 43.9 Å². The van der Waals surface area contributed by atoms with Crippen LogP contribution < -0.4 is 9.64 Å². The SMILES string of the molecule is COc1ccc(C(=O)N2CC[NH+](CCCc3ccccc3)CC2)cc1. The largest absolute Gasteiger partial charge is 0.497 e. The fraction of sp³-hybridized carbons (Fsp3) is 0.381.